The van der Waals surface area contributed by atoms with Crippen molar-refractivity contribution in [2.24, 2.45) is 4.99 Å². The largest absolute Gasteiger partial charge is 0.381 e. The maximum atomic E-state index is 6.12. The summed E-state index contributed by atoms with van der Waals surface area (Å²) in [5.74, 6) is 0.852. The molecule has 2 N–H and O–H groups in total. The molecular formula is C25H42N4O3. The van der Waals surface area contributed by atoms with Crippen LogP contribution in [0.3, 0.4) is 0 Å². The number of rotatable bonds is 12. The van der Waals surface area contributed by atoms with Gasteiger partial charge in [0.1, 0.15) is 0 Å². The summed E-state index contributed by atoms with van der Waals surface area (Å²) in [5, 5.41) is 6.74. The Labute approximate surface area is 193 Å². The van der Waals surface area contributed by atoms with Crippen LogP contribution < -0.4 is 10.6 Å². The number of guanidine groups is 1. The highest BCUT2D eigenvalue weighted by Crippen LogP contribution is 2.16. The Hall–Kier alpha value is -1.67. The molecule has 32 heavy (non-hydrogen) atoms. The van der Waals surface area contributed by atoms with Gasteiger partial charge >= 0.3 is 0 Å². The lowest BCUT2D eigenvalue weighted by Gasteiger charge is -2.32. The normalized spacial score (nSPS) is 19.2. The van der Waals surface area contributed by atoms with E-state index in [0.29, 0.717) is 12.2 Å². The minimum Gasteiger partial charge on any atom is -0.381 e. The second-order valence-corrected chi connectivity index (χ2v) is 8.65. The van der Waals surface area contributed by atoms with Gasteiger partial charge in [-0.1, -0.05) is 30.3 Å². The number of aliphatic imine (C=N–C) groups is 1. The molecule has 1 aromatic carbocycles. The number of piperidine rings is 1. The fourth-order valence-electron chi connectivity index (χ4n) is 4.20. The molecule has 0 aliphatic carbocycles. The van der Waals surface area contributed by atoms with Crippen LogP contribution in [0.2, 0.25) is 0 Å². The molecule has 2 heterocycles. The summed E-state index contributed by atoms with van der Waals surface area (Å²) < 4.78 is 17.4. The summed E-state index contributed by atoms with van der Waals surface area (Å²) in [6.07, 6.45) is 7.02. The van der Waals surface area contributed by atoms with Crippen LogP contribution in [-0.4, -0.2) is 82.7 Å². The molecule has 2 aliphatic heterocycles. The standard InChI is InChI=1S/C25H42N4O3/c1-26-25(28-14-6-18-32-24-11-19-30-20-12-24)27-13-5-17-31-23-9-15-29(16-10-23)21-22-7-3-2-4-8-22/h2-4,7-8,23-24H,5-6,9-21H2,1H3,(H2,26,27,28). The number of nitrogens with one attached hydrogen (secondary N) is 2. The van der Waals surface area contributed by atoms with Gasteiger partial charge in [-0.25, -0.2) is 0 Å². The Morgan fingerprint density at radius 2 is 1.53 bits per heavy atom. The van der Waals surface area contributed by atoms with Gasteiger partial charge in [-0.15, -0.1) is 0 Å². The van der Waals surface area contributed by atoms with E-state index in [0.717, 1.165) is 104 Å². The molecule has 7 nitrogen and oxygen atoms in total. The van der Waals surface area contributed by atoms with E-state index in [4.69, 9.17) is 14.2 Å². The van der Waals surface area contributed by atoms with Crippen molar-refractivity contribution in [3.63, 3.8) is 0 Å². The first-order valence-corrected chi connectivity index (χ1v) is 12.3. The number of hydrogen-bond donors (Lipinski definition) is 2. The van der Waals surface area contributed by atoms with Gasteiger partial charge in [0.15, 0.2) is 5.96 Å². The minimum atomic E-state index is 0.372. The van der Waals surface area contributed by atoms with E-state index in [9.17, 15) is 0 Å². The topological polar surface area (TPSA) is 67.4 Å². The molecule has 7 heteroatoms. The first-order chi connectivity index (χ1) is 15.8. The van der Waals surface area contributed by atoms with Gasteiger partial charge in [-0.05, 0) is 44.1 Å². The van der Waals surface area contributed by atoms with Crippen LogP contribution in [0.1, 0.15) is 44.1 Å². The zero-order chi connectivity index (χ0) is 22.3. The Morgan fingerprint density at radius 3 is 2.12 bits per heavy atom. The molecule has 0 radical (unpaired) electrons. The second kappa shape index (κ2) is 15.2. The average Bonchev–Trinajstić information content (AvgIpc) is 2.84. The van der Waals surface area contributed by atoms with Crippen molar-refractivity contribution >= 4 is 5.96 Å². The lowest BCUT2D eigenvalue weighted by molar-refractivity contribution is -0.0320. The summed E-state index contributed by atoms with van der Waals surface area (Å²) in [7, 11) is 1.81. The zero-order valence-corrected chi connectivity index (χ0v) is 19.8. The quantitative estimate of drug-likeness (QED) is 0.292. The first kappa shape index (κ1) is 25.0. The molecule has 3 rings (SSSR count). The van der Waals surface area contributed by atoms with E-state index in [1.54, 1.807) is 0 Å². The number of hydrogen-bond acceptors (Lipinski definition) is 5. The summed E-state index contributed by atoms with van der Waals surface area (Å²) in [4.78, 5) is 6.83. The Bertz CT molecular complexity index is 629. The van der Waals surface area contributed by atoms with E-state index in [1.807, 2.05) is 7.05 Å². The minimum absolute atomic E-state index is 0.372. The summed E-state index contributed by atoms with van der Waals surface area (Å²) in [6, 6.07) is 10.7. The molecule has 0 saturated carbocycles. The maximum absolute atomic E-state index is 6.12. The van der Waals surface area contributed by atoms with Crippen molar-refractivity contribution in [3.8, 4) is 0 Å². The summed E-state index contributed by atoms with van der Waals surface area (Å²) in [6.45, 7) is 8.25. The molecule has 0 spiro atoms. The Balaban J connectivity index is 1.15. The molecule has 1 aromatic rings. The fourth-order valence-corrected chi connectivity index (χ4v) is 4.20. The molecule has 2 saturated heterocycles. The highest BCUT2D eigenvalue weighted by atomic mass is 16.5. The van der Waals surface area contributed by atoms with Gasteiger partial charge in [0.05, 0.1) is 12.2 Å². The smallest absolute Gasteiger partial charge is 0.190 e. The maximum Gasteiger partial charge on any atom is 0.190 e. The lowest BCUT2D eigenvalue weighted by atomic mass is 10.1. The van der Waals surface area contributed by atoms with Crippen LogP contribution in [0.25, 0.3) is 0 Å². The monoisotopic (exact) mass is 446 g/mol. The number of likely N-dealkylation sites (tertiary alicyclic amines) is 1. The predicted octanol–water partition coefficient (Wildman–Crippen LogP) is 2.81. The molecule has 2 aliphatic rings. The molecule has 0 unspecified atom stereocenters. The molecule has 0 amide bonds. The Morgan fingerprint density at radius 1 is 0.938 bits per heavy atom. The van der Waals surface area contributed by atoms with Gasteiger partial charge in [-0.2, -0.15) is 0 Å². The van der Waals surface area contributed by atoms with Crippen LogP contribution in [0.15, 0.2) is 35.3 Å². The third-order valence-electron chi connectivity index (χ3n) is 6.11. The molecule has 0 aromatic heterocycles. The molecule has 0 atom stereocenters. The zero-order valence-electron chi connectivity index (χ0n) is 19.8. The van der Waals surface area contributed by atoms with E-state index >= 15 is 0 Å². The molecule has 2 fully saturated rings. The fraction of sp³-hybridized carbons (Fsp3) is 0.720. The van der Waals surface area contributed by atoms with Gasteiger partial charge in [-0.3, -0.25) is 9.89 Å². The number of ether oxygens (including phenoxy) is 3. The summed E-state index contributed by atoms with van der Waals surface area (Å²) >= 11 is 0. The van der Waals surface area contributed by atoms with Crippen LogP contribution in [-0.2, 0) is 20.8 Å². The third kappa shape index (κ3) is 9.86. The van der Waals surface area contributed by atoms with E-state index in [1.165, 1.54) is 5.56 Å². The predicted molar refractivity (Wildman–Crippen MR) is 129 cm³/mol. The van der Waals surface area contributed by atoms with Crippen molar-refractivity contribution in [2.75, 3.05) is 59.7 Å². The van der Waals surface area contributed by atoms with E-state index < -0.39 is 0 Å². The molecule has 0 bridgehead atoms. The summed E-state index contributed by atoms with van der Waals surface area (Å²) in [5.41, 5.74) is 1.40. The van der Waals surface area contributed by atoms with Gasteiger partial charge in [0.25, 0.3) is 0 Å². The third-order valence-corrected chi connectivity index (χ3v) is 6.11. The van der Waals surface area contributed by atoms with Crippen LogP contribution in [0, 0.1) is 0 Å². The van der Waals surface area contributed by atoms with Crippen LogP contribution in [0.4, 0.5) is 0 Å². The lowest BCUT2D eigenvalue weighted by Crippen LogP contribution is -2.39. The number of benzene rings is 1. The highest BCUT2D eigenvalue weighted by molar-refractivity contribution is 5.79. The van der Waals surface area contributed by atoms with Crippen molar-refractivity contribution in [3.05, 3.63) is 35.9 Å². The van der Waals surface area contributed by atoms with Crippen molar-refractivity contribution in [1.29, 1.82) is 0 Å². The van der Waals surface area contributed by atoms with Gasteiger partial charge < -0.3 is 24.8 Å². The van der Waals surface area contributed by atoms with Crippen molar-refractivity contribution in [1.82, 2.24) is 15.5 Å². The molecular weight excluding hydrogens is 404 g/mol. The SMILES string of the molecule is CN=C(NCCCOC1CCOCC1)NCCCOC1CCN(Cc2ccccc2)CC1. The number of nitrogens with zero attached hydrogens (tertiary/aromatic N) is 2. The Kier molecular flexibility index (Phi) is 11.9. The average molecular weight is 447 g/mol. The van der Waals surface area contributed by atoms with Crippen molar-refractivity contribution in [2.45, 2.75) is 57.3 Å². The van der Waals surface area contributed by atoms with Crippen LogP contribution >= 0.6 is 0 Å². The first-order valence-electron chi connectivity index (χ1n) is 12.3. The molecule has 180 valence electrons. The second-order valence-electron chi connectivity index (χ2n) is 8.65. The van der Waals surface area contributed by atoms with E-state index in [2.05, 4.69) is 50.9 Å². The van der Waals surface area contributed by atoms with Gasteiger partial charge in [0, 0.05) is 66.2 Å². The highest BCUT2D eigenvalue weighted by Gasteiger charge is 2.19. The van der Waals surface area contributed by atoms with Crippen molar-refractivity contribution < 1.29 is 14.2 Å². The van der Waals surface area contributed by atoms with E-state index in [-0.39, 0.29) is 0 Å². The van der Waals surface area contributed by atoms with Gasteiger partial charge in [0.2, 0.25) is 0 Å². The van der Waals surface area contributed by atoms with Crippen LogP contribution in [0.5, 0.6) is 0 Å².